The van der Waals surface area contributed by atoms with Crippen molar-refractivity contribution in [2.75, 3.05) is 6.54 Å². The molecule has 3 nitrogen and oxygen atoms in total. The molecule has 0 spiro atoms. The molecule has 38 heavy (non-hydrogen) atoms. The second-order valence-corrected chi connectivity index (χ2v) is 12.8. The SMILES string of the molecule is C[C@@H]1Cc2c([nH]c3ccccc23)[C@@H](c2c(F)cc(OC3CC(C4CC(C)(F)C4)C3)cc2F)N1CC(C)(C)F. The minimum Gasteiger partial charge on any atom is -0.490 e. The zero-order chi connectivity index (χ0) is 27.0. The fourth-order valence-corrected chi connectivity index (χ4v) is 7.04. The molecule has 1 aliphatic heterocycles. The van der Waals surface area contributed by atoms with Crippen molar-refractivity contribution in [1.82, 2.24) is 9.88 Å². The van der Waals surface area contributed by atoms with Gasteiger partial charge in [-0.05, 0) is 83.3 Å². The maximum atomic E-state index is 15.8. The molecule has 0 radical (unpaired) electrons. The average Bonchev–Trinajstić information content (AvgIpc) is 3.13. The van der Waals surface area contributed by atoms with E-state index in [2.05, 4.69) is 4.98 Å². The number of hydrogen-bond donors (Lipinski definition) is 1. The lowest BCUT2D eigenvalue weighted by atomic mass is 9.61. The zero-order valence-corrected chi connectivity index (χ0v) is 22.5. The number of hydrogen-bond acceptors (Lipinski definition) is 2. The highest BCUT2D eigenvalue weighted by atomic mass is 19.2. The van der Waals surface area contributed by atoms with Crippen LogP contribution < -0.4 is 4.74 Å². The lowest BCUT2D eigenvalue weighted by molar-refractivity contribution is -0.0600. The predicted octanol–water partition coefficient (Wildman–Crippen LogP) is 7.83. The van der Waals surface area contributed by atoms with Crippen LogP contribution in [0.15, 0.2) is 36.4 Å². The number of nitrogens with one attached hydrogen (secondary N) is 1. The van der Waals surface area contributed by atoms with Crippen molar-refractivity contribution >= 4 is 10.9 Å². The van der Waals surface area contributed by atoms with Crippen LogP contribution in [0.5, 0.6) is 5.75 Å². The maximum Gasteiger partial charge on any atom is 0.135 e. The third-order valence-corrected chi connectivity index (χ3v) is 8.88. The maximum absolute atomic E-state index is 15.8. The zero-order valence-electron chi connectivity index (χ0n) is 22.5. The number of alkyl halides is 2. The molecule has 2 aromatic carbocycles. The molecule has 2 fully saturated rings. The van der Waals surface area contributed by atoms with Crippen molar-refractivity contribution < 1.29 is 22.3 Å². The Morgan fingerprint density at radius 3 is 2.37 bits per heavy atom. The Labute approximate surface area is 221 Å². The Hall–Kier alpha value is -2.54. The largest absolute Gasteiger partial charge is 0.490 e. The molecule has 3 aromatic rings. The van der Waals surface area contributed by atoms with Gasteiger partial charge in [-0.1, -0.05) is 18.2 Å². The molecule has 2 heterocycles. The summed E-state index contributed by atoms with van der Waals surface area (Å²) in [6.07, 6.45) is 3.28. The van der Waals surface area contributed by atoms with Gasteiger partial charge in [0.05, 0.1) is 12.1 Å². The molecule has 6 rings (SSSR count). The molecule has 2 atom stereocenters. The quantitative estimate of drug-likeness (QED) is 0.330. The average molecular weight is 529 g/mol. The highest BCUT2D eigenvalue weighted by molar-refractivity contribution is 5.85. The Bertz CT molecular complexity index is 1320. The van der Waals surface area contributed by atoms with Crippen LogP contribution in [-0.4, -0.2) is 39.9 Å². The minimum absolute atomic E-state index is 0.0350. The Balaban J connectivity index is 1.30. The third-order valence-electron chi connectivity index (χ3n) is 8.88. The van der Waals surface area contributed by atoms with Crippen LogP contribution in [0.3, 0.4) is 0 Å². The number of aromatic amines is 1. The lowest BCUT2D eigenvalue weighted by Crippen LogP contribution is -2.48. The third kappa shape index (κ3) is 4.61. The lowest BCUT2D eigenvalue weighted by Gasteiger charge is -2.49. The van der Waals surface area contributed by atoms with Crippen LogP contribution in [0.2, 0.25) is 0 Å². The van der Waals surface area contributed by atoms with E-state index in [9.17, 15) is 8.78 Å². The van der Waals surface area contributed by atoms with Gasteiger partial charge in [-0.25, -0.2) is 17.6 Å². The van der Waals surface area contributed by atoms with E-state index in [4.69, 9.17) is 4.74 Å². The van der Waals surface area contributed by atoms with Gasteiger partial charge in [-0.15, -0.1) is 0 Å². The number of halogens is 4. The van der Waals surface area contributed by atoms with Crippen LogP contribution in [0.4, 0.5) is 17.6 Å². The molecule has 1 N–H and O–H groups in total. The number of rotatable bonds is 6. The normalized spacial score (nSPS) is 31.5. The van der Waals surface area contributed by atoms with E-state index in [-0.39, 0.29) is 30.0 Å². The number of fused-ring (bicyclic) bond motifs is 3. The van der Waals surface area contributed by atoms with Crippen molar-refractivity contribution in [3.05, 3.63) is 64.9 Å². The first-order valence-corrected chi connectivity index (χ1v) is 13.8. The summed E-state index contributed by atoms with van der Waals surface area (Å²) in [6, 6.07) is 9.43. The second-order valence-electron chi connectivity index (χ2n) is 12.8. The number of nitrogens with zero attached hydrogens (tertiary/aromatic N) is 1. The molecule has 0 bridgehead atoms. The summed E-state index contributed by atoms with van der Waals surface area (Å²) in [5.41, 5.74) is -0.0635. The van der Waals surface area contributed by atoms with E-state index in [0.29, 0.717) is 36.8 Å². The van der Waals surface area contributed by atoms with Crippen LogP contribution in [0.25, 0.3) is 10.9 Å². The van der Waals surface area contributed by atoms with Gasteiger partial charge in [0.1, 0.15) is 28.7 Å². The summed E-state index contributed by atoms with van der Waals surface area (Å²) < 4.78 is 66.4. The number of H-pyrrole nitrogens is 1. The van der Waals surface area contributed by atoms with Gasteiger partial charge >= 0.3 is 0 Å². The second kappa shape index (κ2) is 9.00. The first-order chi connectivity index (χ1) is 17.9. The highest BCUT2D eigenvalue weighted by Gasteiger charge is 2.48. The van der Waals surface area contributed by atoms with Crippen LogP contribution in [0, 0.1) is 23.5 Å². The molecular weight excluding hydrogens is 492 g/mol. The van der Waals surface area contributed by atoms with Crippen molar-refractivity contribution in [2.45, 2.75) is 89.3 Å². The van der Waals surface area contributed by atoms with Gasteiger partial charge in [-0.3, -0.25) is 4.90 Å². The summed E-state index contributed by atoms with van der Waals surface area (Å²) in [4.78, 5) is 5.27. The summed E-state index contributed by atoms with van der Waals surface area (Å²) in [6.45, 7) is 6.64. The summed E-state index contributed by atoms with van der Waals surface area (Å²) in [5.74, 6) is -0.444. The monoisotopic (exact) mass is 528 g/mol. The smallest absolute Gasteiger partial charge is 0.135 e. The summed E-state index contributed by atoms with van der Waals surface area (Å²) in [7, 11) is 0. The molecule has 7 heteroatoms. The van der Waals surface area contributed by atoms with E-state index in [1.165, 1.54) is 26.0 Å². The van der Waals surface area contributed by atoms with E-state index < -0.39 is 29.0 Å². The number of para-hydroxylation sites is 1. The Kier molecular flexibility index (Phi) is 6.09. The van der Waals surface area contributed by atoms with Crippen molar-refractivity contribution in [2.24, 2.45) is 11.8 Å². The number of ether oxygens (including phenoxy) is 1. The van der Waals surface area contributed by atoms with Gasteiger partial charge < -0.3 is 9.72 Å². The Morgan fingerprint density at radius 2 is 1.74 bits per heavy atom. The first-order valence-electron chi connectivity index (χ1n) is 13.8. The van der Waals surface area contributed by atoms with E-state index in [1.54, 1.807) is 6.92 Å². The van der Waals surface area contributed by atoms with E-state index >= 15 is 8.78 Å². The van der Waals surface area contributed by atoms with Gasteiger partial charge in [0.15, 0.2) is 0 Å². The minimum atomic E-state index is -1.55. The molecule has 0 unspecified atom stereocenters. The molecule has 2 saturated carbocycles. The molecule has 0 saturated heterocycles. The highest BCUT2D eigenvalue weighted by Crippen LogP contribution is 2.51. The molecular formula is C31H36F4N2O. The van der Waals surface area contributed by atoms with Gasteiger partial charge in [0.25, 0.3) is 0 Å². The molecule has 3 aliphatic rings. The van der Waals surface area contributed by atoms with Crippen LogP contribution in [-0.2, 0) is 6.42 Å². The molecule has 1 aromatic heterocycles. The van der Waals surface area contributed by atoms with Crippen molar-refractivity contribution in [3.63, 3.8) is 0 Å². The van der Waals surface area contributed by atoms with Gasteiger partial charge in [0, 0.05) is 46.9 Å². The first kappa shape index (κ1) is 25.7. The molecule has 0 amide bonds. The Morgan fingerprint density at radius 1 is 1.08 bits per heavy atom. The van der Waals surface area contributed by atoms with Gasteiger partial charge in [-0.2, -0.15) is 0 Å². The fraction of sp³-hybridized carbons (Fsp3) is 0.548. The molecule has 204 valence electrons. The fourth-order valence-electron chi connectivity index (χ4n) is 7.04. The van der Waals surface area contributed by atoms with E-state index in [0.717, 1.165) is 29.3 Å². The summed E-state index contributed by atoms with van der Waals surface area (Å²) >= 11 is 0. The summed E-state index contributed by atoms with van der Waals surface area (Å²) in [5, 5.41) is 1.03. The topological polar surface area (TPSA) is 28.3 Å². The van der Waals surface area contributed by atoms with Crippen molar-refractivity contribution in [3.8, 4) is 5.75 Å². The van der Waals surface area contributed by atoms with Gasteiger partial charge in [0.2, 0.25) is 0 Å². The standard InChI is InChI=1S/C31H36F4N2O/c1-17-9-23-22-7-5-6-8-26(22)36-28(23)29(37(17)16-30(2,3)34)27-24(32)12-21(13-25(27)33)38-20-10-18(11-20)19-14-31(4,35)15-19/h5-8,12-13,17-20,29,36H,9-11,14-16H2,1-4H3/t17-,18?,19?,20?,29-,31?/m1/s1. The number of aromatic nitrogens is 1. The molecule has 2 aliphatic carbocycles. The van der Waals surface area contributed by atoms with Crippen molar-refractivity contribution in [1.29, 1.82) is 0 Å². The van der Waals surface area contributed by atoms with Crippen LogP contribution in [0.1, 0.15) is 76.2 Å². The number of benzene rings is 2. The van der Waals surface area contributed by atoms with E-state index in [1.807, 2.05) is 36.1 Å². The van der Waals surface area contributed by atoms with Crippen LogP contribution >= 0.6 is 0 Å². The predicted molar refractivity (Wildman–Crippen MR) is 141 cm³/mol.